The van der Waals surface area contributed by atoms with E-state index >= 15 is 0 Å². The monoisotopic (exact) mass is 300 g/mol. The first-order valence-electron chi connectivity index (χ1n) is 5.73. The molecule has 1 heterocycles. The summed E-state index contributed by atoms with van der Waals surface area (Å²) in [7, 11) is 0. The highest BCUT2D eigenvalue weighted by Gasteiger charge is 2.19. The standard InChI is InChI=1S/C13H14BrFO2/c14-12-8-10(15)1-2-11(12)13(16)7-9-3-5-17-6-4-9/h1-2,8-9H,3-7H2. The van der Waals surface area contributed by atoms with Crippen LogP contribution in [0.1, 0.15) is 29.6 Å². The third-order valence-electron chi connectivity index (χ3n) is 3.05. The average Bonchev–Trinajstić information content (AvgIpc) is 2.30. The van der Waals surface area contributed by atoms with E-state index in [1.165, 1.54) is 12.1 Å². The second kappa shape index (κ2) is 5.74. The number of Topliss-reactive ketones (excluding diaryl/α,β-unsaturated/α-hetero) is 1. The van der Waals surface area contributed by atoms with Gasteiger partial charge in [0.2, 0.25) is 0 Å². The van der Waals surface area contributed by atoms with Crippen LogP contribution in [0.5, 0.6) is 0 Å². The van der Waals surface area contributed by atoms with Crippen LogP contribution in [0, 0.1) is 11.7 Å². The fourth-order valence-corrected chi connectivity index (χ4v) is 2.61. The summed E-state index contributed by atoms with van der Waals surface area (Å²) in [5.74, 6) is 0.136. The van der Waals surface area contributed by atoms with Crippen LogP contribution in [0.15, 0.2) is 22.7 Å². The van der Waals surface area contributed by atoms with Crippen LogP contribution in [0.2, 0.25) is 0 Å². The number of carbonyl (C=O) groups excluding carboxylic acids is 1. The van der Waals surface area contributed by atoms with Gasteiger partial charge in [0.1, 0.15) is 5.82 Å². The van der Waals surface area contributed by atoms with Gasteiger partial charge < -0.3 is 4.74 Å². The Labute approximate surface area is 108 Å². The zero-order valence-electron chi connectivity index (χ0n) is 9.42. The molecule has 1 saturated heterocycles. The van der Waals surface area contributed by atoms with E-state index in [9.17, 15) is 9.18 Å². The maximum atomic E-state index is 12.9. The maximum Gasteiger partial charge on any atom is 0.164 e. The van der Waals surface area contributed by atoms with Gasteiger partial charge in [0.25, 0.3) is 0 Å². The van der Waals surface area contributed by atoms with Crippen LogP contribution in [-0.4, -0.2) is 19.0 Å². The molecule has 1 aromatic rings. The number of halogens is 2. The molecule has 1 aliphatic rings. The topological polar surface area (TPSA) is 26.3 Å². The third-order valence-corrected chi connectivity index (χ3v) is 3.70. The highest BCUT2D eigenvalue weighted by molar-refractivity contribution is 9.10. The lowest BCUT2D eigenvalue weighted by Crippen LogP contribution is -2.19. The molecule has 0 unspecified atom stereocenters. The Kier molecular flexibility index (Phi) is 4.29. The molecular weight excluding hydrogens is 287 g/mol. The average molecular weight is 301 g/mol. The van der Waals surface area contributed by atoms with Crippen LogP contribution in [0.4, 0.5) is 4.39 Å². The van der Waals surface area contributed by atoms with E-state index < -0.39 is 0 Å². The van der Waals surface area contributed by atoms with Crippen molar-refractivity contribution in [3.8, 4) is 0 Å². The van der Waals surface area contributed by atoms with Crippen molar-refractivity contribution in [2.45, 2.75) is 19.3 Å². The molecule has 0 amide bonds. The predicted molar refractivity (Wildman–Crippen MR) is 66.6 cm³/mol. The Bertz CT molecular complexity index is 414. The second-order valence-electron chi connectivity index (χ2n) is 4.31. The third kappa shape index (κ3) is 3.36. The number of ketones is 1. The smallest absolute Gasteiger partial charge is 0.164 e. The number of rotatable bonds is 3. The molecule has 2 nitrogen and oxygen atoms in total. The molecule has 92 valence electrons. The van der Waals surface area contributed by atoms with Gasteiger partial charge in [-0.25, -0.2) is 4.39 Å². The van der Waals surface area contributed by atoms with Crippen molar-refractivity contribution < 1.29 is 13.9 Å². The predicted octanol–water partition coefficient (Wildman–Crippen LogP) is 3.59. The SMILES string of the molecule is O=C(CC1CCOCC1)c1ccc(F)cc1Br. The van der Waals surface area contributed by atoms with Gasteiger partial charge in [0.15, 0.2) is 5.78 Å². The molecule has 0 aromatic heterocycles. The molecule has 0 saturated carbocycles. The molecule has 2 rings (SSSR count). The zero-order valence-corrected chi connectivity index (χ0v) is 11.0. The normalized spacial score (nSPS) is 17.1. The molecule has 0 radical (unpaired) electrons. The van der Waals surface area contributed by atoms with E-state index in [4.69, 9.17) is 4.74 Å². The largest absolute Gasteiger partial charge is 0.381 e. The zero-order chi connectivity index (χ0) is 12.3. The van der Waals surface area contributed by atoms with Crippen molar-refractivity contribution >= 4 is 21.7 Å². The van der Waals surface area contributed by atoms with Gasteiger partial charge >= 0.3 is 0 Å². The molecule has 1 fully saturated rings. The van der Waals surface area contributed by atoms with Gasteiger partial charge in [0.05, 0.1) is 0 Å². The Morgan fingerprint density at radius 1 is 1.41 bits per heavy atom. The summed E-state index contributed by atoms with van der Waals surface area (Å²) in [6.45, 7) is 1.48. The first kappa shape index (κ1) is 12.7. The van der Waals surface area contributed by atoms with Crippen LogP contribution >= 0.6 is 15.9 Å². The minimum Gasteiger partial charge on any atom is -0.381 e. The molecule has 0 bridgehead atoms. The summed E-state index contributed by atoms with van der Waals surface area (Å²) in [4.78, 5) is 12.1. The van der Waals surface area contributed by atoms with E-state index in [1.54, 1.807) is 6.07 Å². The van der Waals surface area contributed by atoms with Crippen molar-refractivity contribution in [3.05, 3.63) is 34.1 Å². The Hall–Kier alpha value is -0.740. The lowest BCUT2D eigenvalue weighted by molar-refractivity contribution is 0.0601. The van der Waals surface area contributed by atoms with E-state index in [0.717, 1.165) is 26.1 Å². The Morgan fingerprint density at radius 3 is 2.76 bits per heavy atom. The lowest BCUT2D eigenvalue weighted by Gasteiger charge is -2.21. The van der Waals surface area contributed by atoms with E-state index in [1.807, 2.05) is 0 Å². The molecule has 0 N–H and O–H groups in total. The van der Waals surface area contributed by atoms with Gasteiger partial charge in [0, 0.05) is 29.7 Å². The van der Waals surface area contributed by atoms with Gasteiger partial charge in [-0.1, -0.05) is 0 Å². The quantitative estimate of drug-likeness (QED) is 0.798. The molecule has 17 heavy (non-hydrogen) atoms. The summed E-state index contributed by atoms with van der Waals surface area (Å²) in [5.41, 5.74) is 0.567. The van der Waals surface area contributed by atoms with Crippen LogP contribution in [-0.2, 0) is 4.74 Å². The molecule has 0 aliphatic carbocycles. The molecular formula is C13H14BrFO2. The number of ether oxygens (including phenoxy) is 1. The summed E-state index contributed by atoms with van der Waals surface area (Å²) in [6.07, 6.45) is 2.39. The highest BCUT2D eigenvalue weighted by Crippen LogP contribution is 2.24. The molecule has 0 spiro atoms. The number of hydrogen-bond acceptors (Lipinski definition) is 2. The van der Waals surface area contributed by atoms with E-state index in [2.05, 4.69) is 15.9 Å². The van der Waals surface area contributed by atoms with Gasteiger partial charge in [-0.05, 0) is 52.9 Å². The van der Waals surface area contributed by atoms with E-state index in [0.29, 0.717) is 22.4 Å². The van der Waals surface area contributed by atoms with Crippen molar-refractivity contribution in [2.75, 3.05) is 13.2 Å². The molecule has 1 aromatic carbocycles. The van der Waals surface area contributed by atoms with Crippen LogP contribution in [0.25, 0.3) is 0 Å². The number of benzene rings is 1. The Morgan fingerprint density at radius 2 is 2.12 bits per heavy atom. The van der Waals surface area contributed by atoms with Crippen molar-refractivity contribution in [2.24, 2.45) is 5.92 Å². The Balaban J connectivity index is 2.03. The summed E-state index contributed by atoms with van der Waals surface area (Å²) < 4.78 is 18.7. The van der Waals surface area contributed by atoms with Gasteiger partial charge in [-0.3, -0.25) is 4.79 Å². The van der Waals surface area contributed by atoms with Crippen molar-refractivity contribution in [1.29, 1.82) is 0 Å². The fraction of sp³-hybridized carbons (Fsp3) is 0.462. The molecule has 4 heteroatoms. The first-order chi connectivity index (χ1) is 8.16. The molecule has 0 atom stereocenters. The van der Waals surface area contributed by atoms with Gasteiger partial charge in [-0.2, -0.15) is 0 Å². The summed E-state index contributed by atoms with van der Waals surface area (Å²) in [5, 5.41) is 0. The maximum absolute atomic E-state index is 12.9. The fourth-order valence-electron chi connectivity index (χ4n) is 2.04. The van der Waals surface area contributed by atoms with Crippen LogP contribution < -0.4 is 0 Å². The van der Waals surface area contributed by atoms with Gasteiger partial charge in [-0.15, -0.1) is 0 Å². The number of carbonyl (C=O) groups is 1. The van der Waals surface area contributed by atoms with Crippen molar-refractivity contribution in [1.82, 2.24) is 0 Å². The second-order valence-corrected chi connectivity index (χ2v) is 5.16. The minimum absolute atomic E-state index is 0.0729. The molecule has 1 aliphatic heterocycles. The summed E-state index contributed by atoms with van der Waals surface area (Å²) >= 11 is 3.23. The first-order valence-corrected chi connectivity index (χ1v) is 6.52. The highest BCUT2D eigenvalue weighted by atomic mass is 79.9. The lowest BCUT2D eigenvalue weighted by atomic mass is 9.92. The summed E-state index contributed by atoms with van der Waals surface area (Å²) in [6, 6.07) is 4.19. The van der Waals surface area contributed by atoms with Crippen LogP contribution in [0.3, 0.4) is 0 Å². The number of hydrogen-bond donors (Lipinski definition) is 0. The van der Waals surface area contributed by atoms with E-state index in [-0.39, 0.29) is 11.6 Å². The minimum atomic E-state index is -0.334. The van der Waals surface area contributed by atoms with Crippen molar-refractivity contribution in [3.63, 3.8) is 0 Å².